The molecule has 374 valence electrons. The van der Waals surface area contributed by atoms with Gasteiger partial charge in [0.15, 0.2) is 6.10 Å². The number of carboxylic acids is 1. The molecule has 12 nitrogen and oxygen atoms in total. The number of phosphoric ester groups is 1. The number of carboxylic acid groups (broad SMARTS) is 1. The molecule has 1 aliphatic rings. The van der Waals surface area contributed by atoms with Crippen LogP contribution in [0.2, 0.25) is 0 Å². The van der Waals surface area contributed by atoms with Gasteiger partial charge in [-0.3, -0.25) is 23.4 Å². The van der Waals surface area contributed by atoms with Crippen molar-refractivity contribution in [1.82, 2.24) is 0 Å². The molecular weight excluding hydrogens is 846 g/mol. The lowest BCUT2D eigenvalue weighted by Gasteiger charge is -2.20. The van der Waals surface area contributed by atoms with Crippen molar-refractivity contribution in [3.63, 3.8) is 0 Å². The van der Waals surface area contributed by atoms with Gasteiger partial charge >= 0.3 is 25.7 Å². The van der Waals surface area contributed by atoms with Gasteiger partial charge in [-0.2, -0.15) is 0 Å². The maximum Gasteiger partial charge on any atom is 0.472 e. The highest BCUT2D eigenvalue weighted by Gasteiger charge is 2.36. The quantitative estimate of drug-likeness (QED) is 0.0173. The van der Waals surface area contributed by atoms with Crippen LogP contribution in [-0.2, 0) is 42.2 Å². The van der Waals surface area contributed by atoms with Crippen LogP contribution in [0.5, 0.6) is 0 Å². The molecule has 5 atom stereocenters. The number of nitrogens with two attached hydrogens (primary N) is 1. The summed E-state index contributed by atoms with van der Waals surface area (Å²) in [6, 6.07) is -1.53. The number of esters is 2. The van der Waals surface area contributed by atoms with Crippen molar-refractivity contribution >= 4 is 25.7 Å². The Labute approximate surface area is 393 Å². The van der Waals surface area contributed by atoms with Crippen LogP contribution in [-0.4, -0.2) is 72.1 Å². The number of aliphatic carboxylic acids is 1. The van der Waals surface area contributed by atoms with E-state index in [1.54, 1.807) is 0 Å². The van der Waals surface area contributed by atoms with Gasteiger partial charge in [0.05, 0.1) is 25.4 Å². The Morgan fingerprint density at radius 3 is 1.48 bits per heavy atom. The molecule has 65 heavy (non-hydrogen) atoms. The van der Waals surface area contributed by atoms with Crippen LogP contribution in [0.25, 0.3) is 0 Å². The fourth-order valence-electron chi connectivity index (χ4n) is 7.13. The van der Waals surface area contributed by atoms with Crippen LogP contribution in [0, 0.1) is 0 Å². The van der Waals surface area contributed by atoms with Crippen molar-refractivity contribution in [3.05, 3.63) is 60.8 Å². The minimum atomic E-state index is -4.74. The van der Waals surface area contributed by atoms with Gasteiger partial charge in [0, 0.05) is 12.8 Å². The molecule has 1 saturated heterocycles. The largest absolute Gasteiger partial charge is 0.480 e. The SMILES string of the molecule is CC/C=C\CC1OC1C/C=C\C/C=C\C/C=C\C/C=C\CCC(=O)OC[C@H](COP(=O)(O)OC[C@H](N)C(=O)O)OC(=O)CCCCCCCCCCCCCCCCCCCCCCC. The van der Waals surface area contributed by atoms with Crippen molar-refractivity contribution in [2.45, 2.75) is 231 Å². The van der Waals surface area contributed by atoms with Gasteiger partial charge in [-0.25, -0.2) is 4.57 Å². The Morgan fingerprint density at radius 1 is 0.569 bits per heavy atom. The zero-order valence-corrected chi connectivity index (χ0v) is 41.4. The first-order valence-corrected chi connectivity index (χ1v) is 26.9. The zero-order chi connectivity index (χ0) is 47.5. The highest BCUT2D eigenvalue weighted by atomic mass is 31.2. The number of ether oxygens (including phenoxy) is 3. The van der Waals surface area contributed by atoms with E-state index in [1.807, 2.05) is 12.2 Å². The number of rotatable bonds is 46. The summed E-state index contributed by atoms with van der Waals surface area (Å²) in [5.41, 5.74) is 5.35. The van der Waals surface area contributed by atoms with Gasteiger partial charge in [0.2, 0.25) is 0 Å². The maximum atomic E-state index is 12.7. The van der Waals surface area contributed by atoms with E-state index in [0.717, 1.165) is 57.8 Å². The third-order valence-corrected chi connectivity index (χ3v) is 12.1. The minimum absolute atomic E-state index is 0.0928. The summed E-state index contributed by atoms with van der Waals surface area (Å²) in [5.74, 6) is -2.48. The zero-order valence-electron chi connectivity index (χ0n) is 40.5. The first kappa shape index (κ1) is 60.2. The van der Waals surface area contributed by atoms with Crippen LogP contribution >= 0.6 is 7.82 Å². The molecule has 3 unspecified atom stereocenters. The summed E-state index contributed by atoms with van der Waals surface area (Å²) in [6.45, 7) is 2.64. The minimum Gasteiger partial charge on any atom is -0.480 e. The molecule has 0 aromatic carbocycles. The molecule has 0 aliphatic carbocycles. The summed E-state index contributed by atoms with van der Waals surface area (Å²) in [4.78, 5) is 46.1. The van der Waals surface area contributed by atoms with Gasteiger partial charge in [-0.1, -0.05) is 203 Å². The Morgan fingerprint density at radius 2 is 1.00 bits per heavy atom. The average Bonchev–Trinajstić information content (AvgIpc) is 4.04. The van der Waals surface area contributed by atoms with Crippen LogP contribution in [0.15, 0.2) is 60.8 Å². The first-order valence-electron chi connectivity index (χ1n) is 25.4. The van der Waals surface area contributed by atoms with Crippen LogP contribution in [0.4, 0.5) is 0 Å². The Bertz CT molecular complexity index is 1400. The smallest absolute Gasteiger partial charge is 0.472 e. The number of hydrogen-bond acceptors (Lipinski definition) is 10. The molecule has 1 heterocycles. The molecule has 0 aromatic rings. The van der Waals surface area contributed by atoms with E-state index < -0.39 is 51.1 Å². The predicted molar refractivity (Wildman–Crippen MR) is 262 cm³/mol. The van der Waals surface area contributed by atoms with Crippen molar-refractivity contribution in [1.29, 1.82) is 0 Å². The van der Waals surface area contributed by atoms with E-state index in [-0.39, 0.29) is 19.4 Å². The van der Waals surface area contributed by atoms with Gasteiger partial charge in [0.1, 0.15) is 12.6 Å². The number of unbranched alkanes of at least 4 members (excludes halogenated alkanes) is 20. The van der Waals surface area contributed by atoms with E-state index in [9.17, 15) is 23.8 Å². The van der Waals surface area contributed by atoms with Crippen LogP contribution in [0.3, 0.4) is 0 Å². The van der Waals surface area contributed by atoms with Crippen molar-refractivity contribution < 1.29 is 52.2 Å². The molecule has 0 aromatic heterocycles. The molecule has 1 rings (SSSR count). The molecule has 1 fully saturated rings. The Kier molecular flexibility index (Phi) is 39.3. The van der Waals surface area contributed by atoms with Crippen molar-refractivity contribution in [2.24, 2.45) is 5.73 Å². The maximum absolute atomic E-state index is 12.7. The van der Waals surface area contributed by atoms with E-state index >= 15 is 0 Å². The number of hydrogen-bond donors (Lipinski definition) is 3. The lowest BCUT2D eigenvalue weighted by molar-refractivity contribution is -0.161. The van der Waals surface area contributed by atoms with Gasteiger partial charge in [-0.15, -0.1) is 0 Å². The second-order valence-corrected chi connectivity index (χ2v) is 18.8. The monoisotopic (exact) mass is 936 g/mol. The van der Waals surface area contributed by atoms with Gasteiger partial charge < -0.3 is 29.9 Å². The van der Waals surface area contributed by atoms with E-state index in [4.69, 9.17) is 29.6 Å². The molecule has 0 spiro atoms. The van der Waals surface area contributed by atoms with Crippen LogP contribution < -0.4 is 5.73 Å². The summed E-state index contributed by atoms with van der Waals surface area (Å²) in [5, 5.41) is 8.92. The van der Waals surface area contributed by atoms with Crippen LogP contribution in [0.1, 0.15) is 206 Å². The highest BCUT2D eigenvalue weighted by Crippen LogP contribution is 2.43. The normalized spacial score (nSPS) is 17.2. The summed E-state index contributed by atoms with van der Waals surface area (Å²) in [6.07, 6.45) is 53.4. The number of allylic oxidation sites excluding steroid dienone is 8. The number of epoxide rings is 1. The molecule has 0 saturated carbocycles. The van der Waals surface area contributed by atoms with E-state index in [0.29, 0.717) is 25.0 Å². The number of phosphoric acid groups is 1. The van der Waals surface area contributed by atoms with Gasteiger partial charge in [-0.05, 0) is 51.4 Å². The topological polar surface area (TPSA) is 184 Å². The molecule has 0 amide bonds. The summed E-state index contributed by atoms with van der Waals surface area (Å²) < 4.78 is 38.4. The second kappa shape index (κ2) is 42.5. The molecule has 4 N–H and O–H groups in total. The molecule has 0 radical (unpaired) electrons. The first-order chi connectivity index (χ1) is 31.6. The number of carbonyl (C=O) groups excluding carboxylic acids is 2. The third kappa shape index (κ3) is 40.0. The Balaban J connectivity index is 2.24. The fourth-order valence-corrected chi connectivity index (χ4v) is 7.91. The number of carbonyl (C=O) groups is 3. The van der Waals surface area contributed by atoms with E-state index in [2.05, 4.69) is 67.0 Å². The Hall–Kier alpha value is -2.86. The van der Waals surface area contributed by atoms with Gasteiger partial charge in [0.25, 0.3) is 0 Å². The lowest BCUT2D eigenvalue weighted by Crippen LogP contribution is -2.34. The molecular formula is C52H90NO11P. The summed E-state index contributed by atoms with van der Waals surface area (Å²) >= 11 is 0. The van der Waals surface area contributed by atoms with Crippen molar-refractivity contribution in [3.8, 4) is 0 Å². The predicted octanol–water partition coefficient (Wildman–Crippen LogP) is 13.3. The summed E-state index contributed by atoms with van der Waals surface area (Å²) in [7, 11) is -4.74. The molecule has 13 heteroatoms. The van der Waals surface area contributed by atoms with E-state index in [1.165, 1.54) is 109 Å². The molecule has 1 aliphatic heterocycles. The fraction of sp³-hybridized carbons (Fsp3) is 0.750. The van der Waals surface area contributed by atoms with Crippen molar-refractivity contribution in [2.75, 3.05) is 19.8 Å². The lowest BCUT2D eigenvalue weighted by atomic mass is 10.0. The highest BCUT2D eigenvalue weighted by molar-refractivity contribution is 7.47. The third-order valence-electron chi connectivity index (χ3n) is 11.2. The standard InChI is InChI=1S/C52H90NO11P/c1-3-5-7-8-9-10-11-12-13-14-15-16-17-18-19-20-25-28-31-34-38-42-51(55)63-46(44-61-65(58,59)62-45-47(53)52(56)57)43-60-50(54)41-37-33-30-27-24-22-21-23-26-29-32-36-40-49-48(64-49)39-35-6-4-2/h6,22-24,26,30,32-33,35-36,46-49H,3-5,7-21,25,27-29,31,34,37-45,53H2,1-2H3,(H,56,57)(H,58,59)/b24-22-,26-23-,33-30-,35-6-,36-32-/t46-,47+,48?,49?/m1/s1. The molecule has 0 bridgehead atoms. The second-order valence-electron chi connectivity index (χ2n) is 17.3. The average molecular weight is 936 g/mol.